The topological polar surface area (TPSA) is 71.5 Å². The summed E-state index contributed by atoms with van der Waals surface area (Å²) in [7, 11) is -3.65. The van der Waals surface area contributed by atoms with Crippen molar-refractivity contribution in [3.05, 3.63) is 60.4 Å². The minimum absolute atomic E-state index is 0.261. The van der Waals surface area contributed by atoms with E-state index in [1.54, 1.807) is 28.8 Å². The van der Waals surface area contributed by atoms with Crippen LogP contribution in [0, 0.1) is 6.92 Å². The van der Waals surface area contributed by atoms with Gasteiger partial charge in [-0.1, -0.05) is 29.8 Å². The largest absolute Gasteiger partial charge is 0.455 e. The summed E-state index contributed by atoms with van der Waals surface area (Å²) in [6, 6.07) is 12.9. The molecule has 1 aliphatic heterocycles. The van der Waals surface area contributed by atoms with Gasteiger partial charge in [0.1, 0.15) is 5.75 Å². The third-order valence-electron chi connectivity index (χ3n) is 4.88. The number of pyridine rings is 1. The molecule has 0 aliphatic carbocycles. The van der Waals surface area contributed by atoms with E-state index in [0.29, 0.717) is 36.5 Å². The van der Waals surface area contributed by atoms with Gasteiger partial charge < -0.3 is 10.1 Å². The molecule has 2 heterocycles. The molecule has 0 unspecified atom stereocenters. The van der Waals surface area contributed by atoms with E-state index < -0.39 is 10.0 Å². The molecule has 0 amide bonds. The van der Waals surface area contributed by atoms with Gasteiger partial charge in [-0.2, -0.15) is 4.31 Å². The van der Waals surface area contributed by atoms with Gasteiger partial charge in [-0.15, -0.1) is 0 Å². The molecule has 7 heteroatoms. The number of sulfonamides is 1. The standard InChI is InChI=1S/C21H23N3O3S/c1-16-6-8-18(9-7-16)27-19-15-23-14-17-4-2-5-20(21(17)19)28(25,26)24-12-3-10-22-11-13-24/h2,4-9,14-15,22H,3,10-13H2,1H3. The first-order valence-corrected chi connectivity index (χ1v) is 10.8. The lowest BCUT2D eigenvalue weighted by Gasteiger charge is -2.21. The maximum Gasteiger partial charge on any atom is 0.243 e. The van der Waals surface area contributed by atoms with Crippen LogP contribution in [0.2, 0.25) is 0 Å². The van der Waals surface area contributed by atoms with Crippen molar-refractivity contribution in [3.8, 4) is 11.5 Å². The van der Waals surface area contributed by atoms with Crippen molar-refractivity contribution in [2.75, 3.05) is 26.2 Å². The van der Waals surface area contributed by atoms with E-state index >= 15 is 0 Å². The Hall–Kier alpha value is -2.48. The third-order valence-corrected chi connectivity index (χ3v) is 6.82. The molecule has 0 atom stereocenters. The van der Waals surface area contributed by atoms with Crippen molar-refractivity contribution < 1.29 is 13.2 Å². The molecule has 0 saturated carbocycles. The van der Waals surface area contributed by atoms with Crippen molar-refractivity contribution in [1.82, 2.24) is 14.6 Å². The highest BCUT2D eigenvalue weighted by atomic mass is 32.2. The average Bonchev–Trinajstić information content (AvgIpc) is 3.00. The van der Waals surface area contributed by atoms with Crippen LogP contribution in [0.1, 0.15) is 12.0 Å². The van der Waals surface area contributed by atoms with Crippen molar-refractivity contribution >= 4 is 20.8 Å². The smallest absolute Gasteiger partial charge is 0.243 e. The average molecular weight is 398 g/mol. The van der Waals surface area contributed by atoms with Crippen LogP contribution in [0.3, 0.4) is 0 Å². The van der Waals surface area contributed by atoms with Crippen LogP contribution in [-0.4, -0.2) is 43.9 Å². The summed E-state index contributed by atoms with van der Waals surface area (Å²) in [5.41, 5.74) is 1.13. The Morgan fingerprint density at radius 1 is 1.04 bits per heavy atom. The first-order chi connectivity index (χ1) is 13.6. The summed E-state index contributed by atoms with van der Waals surface area (Å²) in [5.74, 6) is 1.08. The molecule has 6 nitrogen and oxygen atoms in total. The van der Waals surface area contributed by atoms with Gasteiger partial charge in [0.2, 0.25) is 10.0 Å². The Morgan fingerprint density at radius 3 is 2.68 bits per heavy atom. The number of ether oxygens (including phenoxy) is 1. The summed E-state index contributed by atoms with van der Waals surface area (Å²) >= 11 is 0. The first kappa shape index (κ1) is 18.9. The normalized spacial score (nSPS) is 16.0. The quantitative estimate of drug-likeness (QED) is 0.731. The SMILES string of the molecule is Cc1ccc(Oc2cncc3cccc(S(=O)(=O)N4CCCNCC4)c23)cc1. The van der Waals surface area contributed by atoms with E-state index in [0.717, 1.165) is 23.9 Å². The van der Waals surface area contributed by atoms with E-state index in [-0.39, 0.29) is 4.90 Å². The van der Waals surface area contributed by atoms with Gasteiger partial charge in [-0.05, 0) is 38.1 Å². The molecular weight excluding hydrogens is 374 g/mol. The number of fused-ring (bicyclic) bond motifs is 1. The van der Waals surface area contributed by atoms with Crippen LogP contribution in [0.25, 0.3) is 10.8 Å². The molecule has 1 saturated heterocycles. The van der Waals surface area contributed by atoms with Gasteiger partial charge in [0.25, 0.3) is 0 Å². The fraction of sp³-hybridized carbons (Fsp3) is 0.286. The number of hydrogen-bond donors (Lipinski definition) is 1. The molecule has 0 spiro atoms. The monoisotopic (exact) mass is 397 g/mol. The van der Waals surface area contributed by atoms with Gasteiger partial charge in [0.15, 0.2) is 5.75 Å². The Balaban J connectivity index is 1.81. The predicted octanol–water partition coefficient (Wildman–Crippen LogP) is 3.32. The van der Waals surface area contributed by atoms with Crippen molar-refractivity contribution in [2.24, 2.45) is 0 Å². The van der Waals surface area contributed by atoms with Gasteiger partial charge in [0, 0.05) is 36.6 Å². The summed E-state index contributed by atoms with van der Waals surface area (Å²) in [6.07, 6.45) is 4.03. The molecule has 146 valence electrons. The second kappa shape index (κ2) is 7.87. The first-order valence-electron chi connectivity index (χ1n) is 9.38. The molecule has 0 radical (unpaired) electrons. The lowest BCUT2D eigenvalue weighted by Crippen LogP contribution is -2.34. The van der Waals surface area contributed by atoms with E-state index in [9.17, 15) is 8.42 Å². The molecule has 0 bridgehead atoms. The lowest BCUT2D eigenvalue weighted by molar-refractivity contribution is 0.432. The molecule has 1 N–H and O–H groups in total. The van der Waals surface area contributed by atoms with Crippen molar-refractivity contribution in [3.63, 3.8) is 0 Å². The molecule has 1 aromatic heterocycles. The maximum atomic E-state index is 13.4. The molecular formula is C21H23N3O3S. The fourth-order valence-corrected chi connectivity index (χ4v) is 5.10. The van der Waals surface area contributed by atoms with Crippen LogP contribution in [0.4, 0.5) is 0 Å². The summed E-state index contributed by atoms with van der Waals surface area (Å²) in [5, 5.41) is 4.55. The van der Waals surface area contributed by atoms with Crippen LogP contribution < -0.4 is 10.1 Å². The number of aromatic nitrogens is 1. The molecule has 4 rings (SSSR count). The van der Waals surface area contributed by atoms with Crippen LogP contribution in [0.5, 0.6) is 11.5 Å². The van der Waals surface area contributed by atoms with E-state index in [4.69, 9.17) is 4.74 Å². The summed E-state index contributed by atoms with van der Waals surface area (Å²) < 4.78 is 34.4. The second-order valence-electron chi connectivity index (χ2n) is 6.91. The fourth-order valence-electron chi connectivity index (χ4n) is 3.40. The maximum absolute atomic E-state index is 13.4. The number of benzene rings is 2. The third kappa shape index (κ3) is 3.73. The van der Waals surface area contributed by atoms with Crippen LogP contribution in [0.15, 0.2) is 59.8 Å². The Bertz CT molecular complexity index is 1070. The lowest BCUT2D eigenvalue weighted by atomic mass is 10.1. The van der Waals surface area contributed by atoms with Gasteiger partial charge in [0.05, 0.1) is 11.1 Å². The number of rotatable bonds is 4. The molecule has 2 aromatic carbocycles. The molecule has 3 aromatic rings. The molecule has 1 fully saturated rings. The van der Waals surface area contributed by atoms with Gasteiger partial charge in [-0.25, -0.2) is 8.42 Å². The van der Waals surface area contributed by atoms with Crippen molar-refractivity contribution in [2.45, 2.75) is 18.2 Å². The number of hydrogen-bond acceptors (Lipinski definition) is 5. The minimum Gasteiger partial charge on any atom is -0.455 e. The van der Waals surface area contributed by atoms with Crippen molar-refractivity contribution in [1.29, 1.82) is 0 Å². The summed E-state index contributed by atoms with van der Waals surface area (Å²) in [4.78, 5) is 4.49. The zero-order valence-corrected chi connectivity index (χ0v) is 16.6. The predicted molar refractivity (Wildman–Crippen MR) is 109 cm³/mol. The van der Waals surface area contributed by atoms with Crippen LogP contribution in [-0.2, 0) is 10.0 Å². The minimum atomic E-state index is -3.65. The van der Waals surface area contributed by atoms with E-state index in [2.05, 4.69) is 10.3 Å². The zero-order valence-electron chi connectivity index (χ0n) is 15.8. The number of nitrogens with zero attached hydrogens (tertiary/aromatic N) is 2. The molecule has 1 aliphatic rings. The number of nitrogens with one attached hydrogen (secondary N) is 1. The molecule has 28 heavy (non-hydrogen) atoms. The van der Waals surface area contributed by atoms with E-state index in [1.807, 2.05) is 37.3 Å². The Kier molecular flexibility index (Phi) is 5.30. The van der Waals surface area contributed by atoms with Crippen LogP contribution >= 0.6 is 0 Å². The highest BCUT2D eigenvalue weighted by Gasteiger charge is 2.28. The Morgan fingerprint density at radius 2 is 1.86 bits per heavy atom. The zero-order chi connectivity index (χ0) is 19.6. The Labute approximate surface area is 165 Å². The highest BCUT2D eigenvalue weighted by molar-refractivity contribution is 7.89. The van der Waals surface area contributed by atoms with E-state index in [1.165, 1.54) is 0 Å². The number of aryl methyl sites for hydroxylation is 1. The summed E-state index contributed by atoms with van der Waals surface area (Å²) in [6.45, 7) is 4.44. The second-order valence-corrected chi connectivity index (χ2v) is 8.82. The van der Waals surface area contributed by atoms with Gasteiger partial charge >= 0.3 is 0 Å². The highest BCUT2D eigenvalue weighted by Crippen LogP contribution is 2.35. The van der Waals surface area contributed by atoms with Gasteiger partial charge in [-0.3, -0.25) is 4.98 Å².